The average Bonchev–Trinajstić information content (AvgIpc) is 2.60. The van der Waals surface area contributed by atoms with Gasteiger partial charge in [-0.25, -0.2) is 4.79 Å². The Hall–Kier alpha value is -1.79. The Balaban J connectivity index is 2.78. The van der Waals surface area contributed by atoms with Crippen molar-refractivity contribution in [1.82, 2.24) is 4.98 Å². The molecule has 2 heteroatoms. The minimum Gasteiger partial charge on any atom is -0.361 e. The van der Waals surface area contributed by atoms with Crippen LogP contribution in [0, 0.1) is 0 Å². The first-order chi connectivity index (χ1) is 6.33. The van der Waals surface area contributed by atoms with Crippen molar-refractivity contribution in [3.05, 3.63) is 36.0 Å². The van der Waals surface area contributed by atoms with E-state index in [0.717, 1.165) is 16.5 Å². The SMILES string of the molecule is CC(=C=O)c1c[nH]c2ccccc12. The molecular formula is C11H9NO. The first-order valence-corrected chi connectivity index (χ1v) is 4.11. The van der Waals surface area contributed by atoms with Gasteiger partial charge in [0, 0.05) is 28.2 Å². The smallest absolute Gasteiger partial charge is 0.128 e. The number of para-hydroxylation sites is 1. The zero-order valence-electron chi connectivity index (χ0n) is 7.29. The maximum Gasteiger partial charge on any atom is 0.128 e. The number of allylic oxidation sites excluding steroid dienone is 1. The lowest BCUT2D eigenvalue weighted by atomic mass is 10.1. The molecule has 2 aromatic rings. The highest BCUT2D eigenvalue weighted by molar-refractivity contribution is 5.98. The molecule has 1 heterocycles. The van der Waals surface area contributed by atoms with E-state index < -0.39 is 0 Å². The van der Waals surface area contributed by atoms with Gasteiger partial charge in [-0.15, -0.1) is 0 Å². The Morgan fingerprint density at radius 1 is 1.38 bits per heavy atom. The fourth-order valence-electron chi connectivity index (χ4n) is 1.44. The Morgan fingerprint density at radius 2 is 2.15 bits per heavy atom. The molecule has 0 amide bonds. The van der Waals surface area contributed by atoms with Gasteiger partial charge in [-0.3, -0.25) is 0 Å². The van der Waals surface area contributed by atoms with Gasteiger partial charge >= 0.3 is 0 Å². The largest absolute Gasteiger partial charge is 0.361 e. The lowest BCUT2D eigenvalue weighted by Gasteiger charge is -1.92. The summed E-state index contributed by atoms with van der Waals surface area (Å²) in [6.07, 6.45) is 1.84. The summed E-state index contributed by atoms with van der Waals surface area (Å²) in [5.74, 6) is 1.91. The van der Waals surface area contributed by atoms with Crippen LogP contribution >= 0.6 is 0 Å². The van der Waals surface area contributed by atoms with Crippen molar-refractivity contribution in [2.24, 2.45) is 0 Å². The van der Waals surface area contributed by atoms with Crippen LogP contribution in [-0.4, -0.2) is 10.9 Å². The number of aromatic nitrogens is 1. The standard InChI is InChI=1S/C11H9NO/c1-8(7-13)10-6-12-11-5-3-2-4-9(10)11/h2-6,12H,1H3. The fraction of sp³-hybridized carbons (Fsp3) is 0.0909. The van der Waals surface area contributed by atoms with E-state index in [1.54, 1.807) is 6.92 Å². The Kier molecular flexibility index (Phi) is 1.76. The molecule has 0 spiro atoms. The molecule has 0 bridgehead atoms. The third-order valence-corrected chi connectivity index (χ3v) is 2.15. The van der Waals surface area contributed by atoms with E-state index in [-0.39, 0.29) is 0 Å². The summed E-state index contributed by atoms with van der Waals surface area (Å²) in [5.41, 5.74) is 2.62. The Morgan fingerprint density at radius 3 is 2.92 bits per heavy atom. The number of hydrogen-bond donors (Lipinski definition) is 1. The molecule has 0 atom stereocenters. The van der Waals surface area contributed by atoms with Crippen LogP contribution in [0.2, 0.25) is 0 Å². The number of H-pyrrole nitrogens is 1. The van der Waals surface area contributed by atoms with Gasteiger partial charge in [-0.2, -0.15) is 0 Å². The van der Waals surface area contributed by atoms with E-state index in [0.29, 0.717) is 5.57 Å². The third-order valence-electron chi connectivity index (χ3n) is 2.15. The van der Waals surface area contributed by atoms with Gasteiger partial charge in [0.25, 0.3) is 0 Å². The molecule has 1 aromatic carbocycles. The van der Waals surface area contributed by atoms with Gasteiger partial charge in [-0.1, -0.05) is 18.2 Å². The number of fused-ring (bicyclic) bond motifs is 1. The number of nitrogens with one attached hydrogen (secondary N) is 1. The van der Waals surface area contributed by atoms with E-state index in [1.807, 2.05) is 36.4 Å². The second-order valence-corrected chi connectivity index (χ2v) is 2.97. The van der Waals surface area contributed by atoms with Crippen molar-refractivity contribution in [1.29, 1.82) is 0 Å². The second-order valence-electron chi connectivity index (χ2n) is 2.97. The molecule has 1 N–H and O–H groups in total. The summed E-state index contributed by atoms with van der Waals surface area (Å²) >= 11 is 0. The highest BCUT2D eigenvalue weighted by atomic mass is 16.1. The molecule has 0 saturated heterocycles. The highest BCUT2D eigenvalue weighted by Gasteiger charge is 2.03. The van der Waals surface area contributed by atoms with Gasteiger partial charge in [0.05, 0.1) is 0 Å². The number of rotatable bonds is 1. The normalized spacial score (nSPS) is 9.92. The van der Waals surface area contributed by atoms with Crippen molar-refractivity contribution in [3.63, 3.8) is 0 Å². The quantitative estimate of drug-likeness (QED) is 0.656. The number of aromatic amines is 1. The topological polar surface area (TPSA) is 32.9 Å². The molecule has 0 aliphatic carbocycles. The fourth-order valence-corrected chi connectivity index (χ4v) is 1.44. The van der Waals surface area contributed by atoms with Crippen LogP contribution < -0.4 is 0 Å². The maximum absolute atomic E-state index is 10.5. The predicted octanol–water partition coefficient (Wildman–Crippen LogP) is 2.40. The molecule has 2 rings (SSSR count). The zero-order chi connectivity index (χ0) is 9.26. The number of benzene rings is 1. The van der Waals surface area contributed by atoms with Crippen molar-refractivity contribution in [3.8, 4) is 0 Å². The summed E-state index contributed by atoms with van der Waals surface area (Å²) in [4.78, 5) is 13.6. The van der Waals surface area contributed by atoms with E-state index >= 15 is 0 Å². The van der Waals surface area contributed by atoms with E-state index in [4.69, 9.17) is 0 Å². The van der Waals surface area contributed by atoms with Crippen molar-refractivity contribution >= 4 is 22.4 Å². The van der Waals surface area contributed by atoms with Gasteiger partial charge in [0.2, 0.25) is 0 Å². The predicted molar refractivity (Wildman–Crippen MR) is 53.1 cm³/mol. The van der Waals surface area contributed by atoms with Crippen LogP contribution in [0.5, 0.6) is 0 Å². The molecule has 1 aromatic heterocycles. The van der Waals surface area contributed by atoms with Crippen LogP contribution in [0.25, 0.3) is 16.5 Å². The Labute approximate surface area is 75.9 Å². The summed E-state index contributed by atoms with van der Waals surface area (Å²) in [6, 6.07) is 7.89. The molecule has 0 unspecified atom stereocenters. The van der Waals surface area contributed by atoms with Crippen molar-refractivity contribution in [2.75, 3.05) is 0 Å². The average molecular weight is 171 g/mol. The highest BCUT2D eigenvalue weighted by Crippen LogP contribution is 2.22. The monoisotopic (exact) mass is 171 g/mol. The minimum absolute atomic E-state index is 0.637. The molecule has 2 nitrogen and oxygen atoms in total. The molecule has 0 radical (unpaired) electrons. The lowest BCUT2D eigenvalue weighted by Crippen LogP contribution is -1.75. The molecule has 0 aliphatic heterocycles. The first-order valence-electron chi connectivity index (χ1n) is 4.11. The first kappa shape index (κ1) is 7.84. The van der Waals surface area contributed by atoms with Crippen LogP contribution in [0.4, 0.5) is 0 Å². The zero-order valence-corrected chi connectivity index (χ0v) is 7.29. The lowest BCUT2D eigenvalue weighted by molar-refractivity contribution is 0.569. The minimum atomic E-state index is 0.637. The van der Waals surface area contributed by atoms with Crippen LogP contribution in [-0.2, 0) is 4.79 Å². The van der Waals surface area contributed by atoms with Gasteiger partial charge in [-0.05, 0) is 13.0 Å². The summed E-state index contributed by atoms with van der Waals surface area (Å²) in [5, 5.41) is 1.07. The van der Waals surface area contributed by atoms with Crippen LogP contribution in [0.1, 0.15) is 12.5 Å². The Bertz CT molecular complexity index is 490. The van der Waals surface area contributed by atoms with Crippen molar-refractivity contribution in [2.45, 2.75) is 6.92 Å². The summed E-state index contributed by atoms with van der Waals surface area (Å²) < 4.78 is 0. The molecule has 13 heavy (non-hydrogen) atoms. The van der Waals surface area contributed by atoms with E-state index in [9.17, 15) is 4.79 Å². The summed E-state index contributed by atoms with van der Waals surface area (Å²) in [7, 11) is 0. The molecule has 64 valence electrons. The van der Waals surface area contributed by atoms with E-state index in [1.165, 1.54) is 0 Å². The second kappa shape index (κ2) is 2.92. The van der Waals surface area contributed by atoms with E-state index in [2.05, 4.69) is 4.98 Å². The van der Waals surface area contributed by atoms with Crippen LogP contribution in [0.15, 0.2) is 30.5 Å². The van der Waals surface area contributed by atoms with Crippen LogP contribution in [0.3, 0.4) is 0 Å². The number of carbonyl (C=O) groups excluding carboxylic acids is 1. The third kappa shape index (κ3) is 1.17. The molecule has 0 fully saturated rings. The van der Waals surface area contributed by atoms with Gasteiger partial charge in [0.1, 0.15) is 5.94 Å². The number of hydrogen-bond acceptors (Lipinski definition) is 1. The van der Waals surface area contributed by atoms with Gasteiger partial charge in [0.15, 0.2) is 0 Å². The van der Waals surface area contributed by atoms with Gasteiger partial charge < -0.3 is 4.98 Å². The molecular weight excluding hydrogens is 162 g/mol. The molecule has 0 saturated carbocycles. The summed E-state index contributed by atoms with van der Waals surface area (Å²) in [6.45, 7) is 1.77. The maximum atomic E-state index is 10.5. The van der Waals surface area contributed by atoms with Crippen molar-refractivity contribution < 1.29 is 4.79 Å². The molecule has 0 aliphatic rings.